The largest absolute Gasteiger partial charge is 0.344 e. The van der Waals surface area contributed by atoms with E-state index in [1.165, 1.54) is 55.5 Å². The van der Waals surface area contributed by atoms with Crippen molar-refractivity contribution in [3.63, 3.8) is 0 Å². The highest BCUT2D eigenvalue weighted by Gasteiger charge is 2.15. The topological polar surface area (TPSA) is 3.24 Å². The van der Waals surface area contributed by atoms with E-state index in [1.807, 2.05) is 0 Å². The normalized spacial score (nSPS) is 10.9. The van der Waals surface area contributed by atoms with Gasteiger partial charge in [-0.05, 0) is 45.3 Å². The molecule has 0 aliphatic heterocycles. The Bertz CT molecular complexity index is 1620. The molecule has 0 saturated heterocycles. The lowest BCUT2D eigenvalue weighted by Crippen LogP contribution is -2.11. The maximum absolute atomic E-state index is 2.31. The third kappa shape index (κ3) is 4.06. The van der Waals surface area contributed by atoms with Crippen LogP contribution in [-0.2, 0) is 0 Å². The molecule has 1 nitrogen and oxygen atoms in total. The summed E-state index contributed by atoms with van der Waals surface area (Å²) in [5.41, 5.74) is 9.78. The van der Waals surface area contributed by atoms with E-state index >= 15 is 0 Å². The number of fused-ring (bicyclic) bond motifs is 1. The van der Waals surface area contributed by atoms with Crippen molar-refractivity contribution >= 4 is 22.1 Å². The molecule has 0 radical (unpaired) electrons. The van der Waals surface area contributed by atoms with Crippen molar-refractivity contribution in [3.05, 3.63) is 146 Å². The summed E-state index contributed by atoms with van der Waals surface area (Å²) in [6.45, 7) is 0. The maximum atomic E-state index is 2.31. The van der Waals surface area contributed by atoms with Crippen LogP contribution in [0.3, 0.4) is 0 Å². The second-order valence-corrected chi connectivity index (χ2v) is 9.06. The summed E-state index contributed by atoms with van der Waals surface area (Å²) in [5.74, 6) is 0. The minimum Gasteiger partial charge on any atom is -0.344 e. The number of hydrogen-bond donors (Lipinski definition) is 0. The number of nitrogens with zero attached hydrogens (tertiary/aromatic N) is 1. The van der Waals surface area contributed by atoms with Crippen LogP contribution >= 0.6 is 0 Å². The van der Waals surface area contributed by atoms with Gasteiger partial charge in [0.1, 0.15) is 0 Å². The molecule has 0 aliphatic carbocycles. The average molecular weight is 462 g/mol. The van der Waals surface area contributed by atoms with Crippen LogP contribution < -0.4 is 4.90 Å². The predicted octanol–water partition coefficient (Wildman–Crippen LogP) is 9.61. The van der Waals surface area contributed by atoms with Gasteiger partial charge in [0.25, 0.3) is 0 Å². The van der Waals surface area contributed by atoms with Crippen molar-refractivity contribution in [2.45, 2.75) is 0 Å². The molecule has 36 heavy (non-hydrogen) atoms. The molecule has 0 fully saturated rings. The summed E-state index contributed by atoms with van der Waals surface area (Å²) in [7, 11) is 2.16. The Labute approximate surface area is 212 Å². The van der Waals surface area contributed by atoms with Crippen LogP contribution in [0.5, 0.6) is 0 Å². The van der Waals surface area contributed by atoms with Crippen LogP contribution in [-0.4, -0.2) is 7.05 Å². The van der Waals surface area contributed by atoms with Crippen LogP contribution in [0, 0.1) is 0 Å². The van der Waals surface area contributed by atoms with Crippen LogP contribution in [0.15, 0.2) is 146 Å². The fourth-order valence-corrected chi connectivity index (χ4v) is 5.06. The van der Waals surface area contributed by atoms with Gasteiger partial charge in [-0.2, -0.15) is 0 Å². The Morgan fingerprint density at radius 3 is 1.56 bits per heavy atom. The molecular weight excluding hydrogens is 434 g/mol. The van der Waals surface area contributed by atoms with Gasteiger partial charge in [0.15, 0.2) is 0 Å². The van der Waals surface area contributed by atoms with Gasteiger partial charge in [0.2, 0.25) is 0 Å². The fraction of sp³-hybridized carbons (Fsp3) is 0.0286. The highest BCUT2D eigenvalue weighted by Crippen LogP contribution is 2.40. The zero-order chi connectivity index (χ0) is 24.3. The quantitative estimate of drug-likeness (QED) is 0.247. The molecule has 6 rings (SSSR count). The van der Waals surface area contributed by atoms with Gasteiger partial charge in [-0.3, -0.25) is 0 Å². The van der Waals surface area contributed by atoms with Crippen LogP contribution in [0.4, 0.5) is 11.4 Å². The second kappa shape index (κ2) is 9.56. The molecule has 6 aromatic rings. The van der Waals surface area contributed by atoms with E-state index in [0.717, 1.165) is 0 Å². The monoisotopic (exact) mass is 461 g/mol. The number of hydrogen-bond acceptors (Lipinski definition) is 1. The molecule has 0 aromatic heterocycles. The lowest BCUT2D eigenvalue weighted by molar-refractivity contribution is 1.22. The molecule has 0 saturated carbocycles. The Morgan fingerprint density at radius 1 is 0.333 bits per heavy atom. The van der Waals surface area contributed by atoms with Crippen molar-refractivity contribution in [2.75, 3.05) is 11.9 Å². The van der Waals surface area contributed by atoms with E-state index in [2.05, 4.69) is 158 Å². The highest BCUT2D eigenvalue weighted by molar-refractivity contribution is 6.05. The van der Waals surface area contributed by atoms with E-state index in [-0.39, 0.29) is 0 Å². The van der Waals surface area contributed by atoms with Crippen LogP contribution in [0.2, 0.25) is 0 Å². The van der Waals surface area contributed by atoms with Crippen molar-refractivity contribution in [2.24, 2.45) is 0 Å². The highest BCUT2D eigenvalue weighted by atomic mass is 15.1. The van der Waals surface area contributed by atoms with E-state index in [0.29, 0.717) is 0 Å². The van der Waals surface area contributed by atoms with E-state index in [9.17, 15) is 0 Å². The number of para-hydroxylation sites is 1. The zero-order valence-electron chi connectivity index (χ0n) is 20.3. The Morgan fingerprint density at radius 2 is 0.833 bits per heavy atom. The summed E-state index contributed by atoms with van der Waals surface area (Å²) in [5, 5.41) is 2.50. The molecule has 0 atom stereocenters. The second-order valence-electron chi connectivity index (χ2n) is 9.06. The Balaban J connectivity index is 1.43. The van der Waals surface area contributed by atoms with Gasteiger partial charge < -0.3 is 4.90 Å². The van der Waals surface area contributed by atoms with Crippen molar-refractivity contribution < 1.29 is 0 Å². The molecule has 6 aromatic carbocycles. The van der Waals surface area contributed by atoms with Gasteiger partial charge in [-0.15, -0.1) is 0 Å². The third-order valence-corrected chi connectivity index (χ3v) is 6.92. The number of benzene rings is 6. The molecule has 0 aliphatic rings. The molecule has 0 unspecified atom stereocenters. The Kier molecular flexibility index (Phi) is 5.81. The van der Waals surface area contributed by atoms with E-state index in [1.54, 1.807) is 0 Å². The van der Waals surface area contributed by atoms with Crippen molar-refractivity contribution in [3.8, 4) is 33.4 Å². The first-order chi connectivity index (χ1) is 17.8. The summed E-state index contributed by atoms with van der Waals surface area (Å²) in [4.78, 5) is 2.31. The molecule has 172 valence electrons. The number of anilines is 2. The maximum Gasteiger partial charge on any atom is 0.0488 e. The summed E-state index contributed by atoms with van der Waals surface area (Å²) in [6.07, 6.45) is 0. The number of rotatable bonds is 5. The predicted molar refractivity (Wildman–Crippen MR) is 155 cm³/mol. The molecule has 0 N–H and O–H groups in total. The first-order valence-electron chi connectivity index (χ1n) is 12.4. The first kappa shape index (κ1) is 21.9. The average Bonchev–Trinajstić information content (AvgIpc) is 2.97. The minimum absolute atomic E-state index is 1.19. The summed E-state index contributed by atoms with van der Waals surface area (Å²) < 4.78 is 0. The smallest absolute Gasteiger partial charge is 0.0488 e. The molecule has 0 heterocycles. The van der Waals surface area contributed by atoms with Gasteiger partial charge in [0.05, 0.1) is 0 Å². The zero-order valence-corrected chi connectivity index (χ0v) is 20.3. The van der Waals surface area contributed by atoms with Crippen molar-refractivity contribution in [1.29, 1.82) is 0 Å². The van der Waals surface area contributed by atoms with Crippen LogP contribution in [0.1, 0.15) is 0 Å². The molecule has 0 spiro atoms. The van der Waals surface area contributed by atoms with Gasteiger partial charge in [-0.25, -0.2) is 0 Å². The van der Waals surface area contributed by atoms with E-state index in [4.69, 9.17) is 0 Å². The SMILES string of the molecule is CN(c1ccccc1-c1ccccc1)c1ccc(-c2ccc(-c3ccccc3)cc2)c2ccccc12. The minimum atomic E-state index is 1.19. The van der Waals surface area contributed by atoms with Crippen molar-refractivity contribution in [1.82, 2.24) is 0 Å². The molecular formula is C35H27N. The fourth-order valence-electron chi connectivity index (χ4n) is 5.06. The summed E-state index contributed by atoms with van der Waals surface area (Å²) in [6, 6.07) is 51.9. The third-order valence-electron chi connectivity index (χ3n) is 6.92. The standard InChI is InChI=1S/C35H27N/c1-36(34-19-11-10-16-31(34)28-14-6-3-7-15-28)35-25-24-30(32-17-8-9-18-33(32)35)29-22-20-27(21-23-29)26-12-4-2-5-13-26/h2-25H,1H3. The van der Waals surface area contributed by atoms with E-state index < -0.39 is 0 Å². The first-order valence-corrected chi connectivity index (χ1v) is 12.4. The summed E-state index contributed by atoms with van der Waals surface area (Å²) >= 11 is 0. The van der Waals surface area contributed by atoms with Gasteiger partial charge >= 0.3 is 0 Å². The Hall–Kier alpha value is -4.62. The molecule has 0 bridgehead atoms. The van der Waals surface area contributed by atoms with Gasteiger partial charge in [-0.1, -0.05) is 133 Å². The van der Waals surface area contributed by atoms with Crippen LogP contribution in [0.25, 0.3) is 44.2 Å². The lowest BCUT2D eigenvalue weighted by atomic mass is 9.94. The molecule has 0 amide bonds. The lowest BCUT2D eigenvalue weighted by Gasteiger charge is -2.25. The van der Waals surface area contributed by atoms with Gasteiger partial charge in [0, 0.05) is 29.4 Å². The molecule has 1 heteroatoms.